The van der Waals surface area contributed by atoms with Crippen molar-refractivity contribution in [2.75, 3.05) is 0 Å². The van der Waals surface area contributed by atoms with E-state index in [0.717, 1.165) is 0 Å². The molecule has 0 unspecified atom stereocenters. The normalized spacial score (nSPS) is 16.1. The van der Waals surface area contributed by atoms with Crippen molar-refractivity contribution in [3.8, 4) is 0 Å². The van der Waals surface area contributed by atoms with Gasteiger partial charge in [-0.25, -0.2) is 4.79 Å². The van der Waals surface area contributed by atoms with Crippen LogP contribution in [-0.2, 0) is 21.9 Å². The Labute approximate surface area is 112 Å². The summed E-state index contributed by atoms with van der Waals surface area (Å²) in [6.07, 6.45) is -8.80. The molecule has 0 spiro atoms. The zero-order chi connectivity index (χ0) is 9.89. The Morgan fingerprint density at radius 3 is 1.50 bits per heavy atom. The number of hydrogen-bond donors (Lipinski definition) is 6. The molecule has 0 saturated carbocycles. The van der Waals surface area contributed by atoms with E-state index in [-0.39, 0.29) is 46.6 Å². The van der Waals surface area contributed by atoms with E-state index in [1.54, 1.807) is 0 Å². The van der Waals surface area contributed by atoms with Gasteiger partial charge in [0.1, 0.15) is 12.2 Å². The van der Waals surface area contributed by atoms with Gasteiger partial charge in [-0.1, -0.05) is 0 Å². The average molecular weight is 261 g/mol. The first-order chi connectivity index (χ1) is 5.37. The molecule has 14 heavy (non-hydrogen) atoms. The van der Waals surface area contributed by atoms with Gasteiger partial charge in [-0.2, -0.15) is 0 Å². The van der Waals surface area contributed by atoms with Crippen LogP contribution in [0.3, 0.4) is 0 Å². The molecular weight excluding hydrogens is 251 g/mol. The van der Waals surface area contributed by atoms with Gasteiger partial charge in [0, 0.05) is 0 Å². The number of aliphatic carboxylic acids is 1. The molecule has 6 N–H and O–H groups in total. The number of rotatable bonds is 4. The second kappa shape index (κ2) is 9.05. The van der Waals surface area contributed by atoms with Crippen molar-refractivity contribution in [3.63, 3.8) is 0 Å². The Morgan fingerprint density at radius 2 is 1.29 bits per heavy atom. The van der Waals surface area contributed by atoms with Crippen LogP contribution in [0.1, 0.15) is 0 Å². The van der Waals surface area contributed by atoms with Crippen molar-refractivity contribution < 1.29 is 82.1 Å². The number of aliphatic hydroxyl groups excluding tert-OH is 4. The van der Waals surface area contributed by atoms with Crippen LogP contribution in [-0.4, -0.2) is 61.2 Å². The molecule has 0 saturated heterocycles. The molecule has 9 heteroatoms. The second-order valence-corrected chi connectivity index (χ2v) is 2.18. The van der Waals surface area contributed by atoms with Crippen LogP contribution in [0.2, 0.25) is 0 Å². The first kappa shape index (κ1) is 20.2. The van der Waals surface area contributed by atoms with E-state index >= 15 is 0 Å². The van der Waals surface area contributed by atoms with Gasteiger partial charge >= 0.3 is 52.6 Å². The summed E-state index contributed by atoms with van der Waals surface area (Å²) in [5.74, 6) is -1.76. The molecule has 7 nitrogen and oxygen atoms in total. The Bertz CT molecular complexity index is 166. The van der Waals surface area contributed by atoms with Crippen molar-refractivity contribution in [1.82, 2.24) is 0 Å². The molecule has 3 atom stereocenters. The van der Waals surface area contributed by atoms with Gasteiger partial charge in [0.05, 0.1) is 0 Å². The zero-order valence-corrected chi connectivity index (χ0v) is 10.4. The topological polar surface area (TPSA) is 138 Å². The van der Waals surface area contributed by atoms with Crippen LogP contribution in [0, 0.1) is 0 Å². The Kier molecular flexibility index (Phi) is 13.1. The van der Waals surface area contributed by atoms with E-state index in [1.807, 2.05) is 0 Å². The summed E-state index contributed by atoms with van der Waals surface area (Å²) in [7, 11) is 0. The minimum absolute atomic E-state index is 0. The average Bonchev–Trinajstić information content (AvgIpc) is 2.00. The van der Waals surface area contributed by atoms with E-state index in [1.165, 1.54) is 0 Å². The number of carboxylic acids is 1. The largest absolute Gasteiger partial charge is 3.00 e. The SMILES string of the molecule is O=C(O)[C@H](O)[C@@H](O)[C@H](O)C(O)O.[Fe+3].[Na+]. The summed E-state index contributed by atoms with van der Waals surface area (Å²) >= 11 is 0. The standard InChI is InChI=1S/C5H10O7.Fe.Na/c6-1(2(7)4(9)10)3(8)5(11)12;;/h1-4,6-10H,(H,11,12);;/q;+3;+1/t1-,2-,3+;;/m0../s1. The predicted octanol–water partition coefficient (Wildman–Crippen LogP) is -6.53. The monoisotopic (exact) mass is 261 g/mol. The van der Waals surface area contributed by atoms with Crippen molar-refractivity contribution in [1.29, 1.82) is 0 Å². The zero-order valence-electron chi connectivity index (χ0n) is 7.25. The first-order valence-electron chi connectivity index (χ1n) is 3.01. The van der Waals surface area contributed by atoms with Crippen LogP contribution >= 0.6 is 0 Å². The van der Waals surface area contributed by atoms with E-state index in [0.29, 0.717) is 0 Å². The van der Waals surface area contributed by atoms with Gasteiger partial charge < -0.3 is 30.6 Å². The molecule has 0 aromatic heterocycles. The number of carboxylic acid groups (broad SMARTS) is 1. The third kappa shape index (κ3) is 6.31. The summed E-state index contributed by atoms with van der Waals surface area (Å²) < 4.78 is 0. The van der Waals surface area contributed by atoms with Gasteiger partial charge in [-0.3, -0.25) is 0 Å². The molecule has 0 rings (SSSR count). The third-order valence-electron chi connectivity index (χ3n) is 1.23. The van der Waals surface area contributed by atoms with Crippen LogP contribution in [0.4, 0.5) is 0 Å². The van der Waals surface area contributed by atoms with Crippen LogP contribution in [0.5, 0.6) is 0 Å². The number of hydrogen-bond acceptors (Lipinski definition) is 6. The van der Waals surface area contributed by atoms with E-state index < -0.39 is 30.6 Å². The molecule has 0 bridgehead atoms. The smallest absolute Gasteiger partial charge is 0.479 e. The number of aliphatic hydroxyl groups is 5. The maximum Gasteiger partial charge on any atom is 3.00 e. The van der Waals surface area contributed by atoms with Crippen LogP contribution < -0.4 is 29.6 Å². The second-order valence-electron chi connectivity index (χ2n) is 2.18. The fourth-order valence-corrected chi connectivity index (χ4v) is 0.509. The van der Waals surface area contributed by atoms with Gasteiger partial charge in [-0.05, 0) is 0 Å². The Morgan fingerprint density at radius 1 is 0.929 bits per heavy atom. The summed E-state index contributed by atoms with van der Waals surface area (Å²) in [5, 5.41) is 50.6. The third-order valence-corrected chi connectivity index (χ3v) is 1.23. The van der Waals surface area contributed by atoms with Crippen LogP contribution in [0.25, 0.3) is 0 Å². The van der Waals surface area contributed by atoms with Crippen molar-refractivity contribution in [2.45, 2.75) is 24.6 Å². The van der Waals surface area contributed by atoms with Gasteiger partial charge in [0.2, 0.25) is 0 Å². The quantitative estimate of drug-likeness (QED) is 0.218. The summed E-state index contributed by atoms with van der Waals surface area (Å²) in [5.41, 5.74) is 0. The van der Waals surface area contributed by atoms with E-state index in [9.17, 15) is 4.79 Å². The molecule has 0 aliphatic heterocycles. The molecule has 1 radical (unpaired) electrons. The Hall–Kier alpha value is 0.789. The predicted molar refractivity (Wildman–Crippen MR) is 33.9 cm³/mol. The van der Waals surface area contributed by atoms with Crippen molar-refractivity contribution >= 4 is 5.97 Å². The fourth-order valence-electron chi connectivity index (χ4n) is 0.509. The number of carbonyl (C=O) groups is 1. The van der Waals surface area contributed by atoms with Gasteiger partial charge in [0.25, 0.3) is 0 Å². The minimum Gasteiger partial charge on any atom is -0.479 e. The molecule has 0 fully saturated rings. The molecule has 0 aliphatic carbocycles. The molecule has 0 aromatic carbocycles. The first-order valence-corrected chi connectivity index (χ1v) is 3.01. The molecule has 0 aromatic rings. The van der Waals surface area contributed by atoms with Crippen molar-refractivity contribution in [2.24, 2.45) is 0 Å². The fraction of sp³-hybridized carbons (Fsp3) is 0.800. The van der Waals surface area contributed by atoms with Crippen LogP contribution in [0.15, 0.2) is 0 Å². The molecule has 0 aliphatic rings. The van der Waals surface area contributed by atoms with Crippen molar-refractivity contribution in [3.05, 3.63) is 0 Å². The minimum atomic E-state index is -2.30. The molecule has 0 heterocycles. The van der Waals surface area contributed by atoms with Gasteiger partial charge in [-0.15, -0.1) is 0 Å². The molecule has 77 valence electrons. The molecule has 0 amide bonds. The summed E-state index contributed by atoms with van der Waals surface area (Å²) in [4.78, 5) is 9.98. The van der Waals surface area contributed by atoms with E-state index in [4.69, 9.17) is 30.6 Å². The maximum absolute atomic E-state index is 9.98. The Balaban J connectivity index is -0.000000605. The molecular formula is C5H10FeNaO7+4. The van der Waals surface area contributed by atoms with E-state index in [2.05, 4.69) is 0 Å². The maximum atomic E-state index is 9.98. The summed E-state index contributed by atoms with van der Waals surface area (Å²) in [6, 6.07) is 0. The van der Waals surface area contributed by atoms with Gasteiger partial charge in [0.15, 0.2) is 12.4 Å². The summed E-state index contributed by atoms with van der Waals surface area (Å²) in [6.45, 7) is 0.